The van der Waals surface area contributed by atoms with Gasteiger partial charge < -0.3 is 5.32 Å². The highest BCUT2D eigenvalue weighted by molar-refractivity contribution is 5.30. The number of nitrogens with one attached hydrogen (secondary N) is 1. The van der Waals surface area contributed by atoms with E-state index in [4.69, 9.17) is 0 Å². The van der Waals surface area contributed by atoms with Gasteiger partial charge in [0.25, 0.3) is 0 Å². The summed E-state index contributed by atoms with van der Waals surface area (Å²) < 4.78 is 0. The molecule has 1 N–H and O–H groups in total. The third-order valence-corrected chi connectivity index (χ3v) is 5.33. The highest BCUT2D eigenvalue weighted by atomic mass is 15.2. The molecule has 102 valence electrons. The zero-order chi connectivity index (χ0) is 12.7. The van der Waals surface area contributed by atoms with Crippen LogP contribution >= 0.6 is 0 Å². The molecule has 3 atom stereocenters. The Morgan fingerprint density at radius 1 is 1.05 bits per heavy atom. The molecule has 2 heteroatoms. The van der Waals surface area contributed by atoms with Crippen LogP contribution in [0.4, 0.5) is 0 Å². The number of rotatable bonds is 2. The fraction of sp³-hybridized carbons (Fsp3) is 0.647. The number of nitrogens with zero attached hydrogens (tertiary/aromatic N) is 1. The Kier molecular flexibility index (Phi) is 3.08. The molecular formula is C17H24N2. The third kappa shape index (κ3) is 2.32. The van der Waals surface area contributed by atoms with Gasteiger partial charge in [0.15, 0.2) is 0 Å². The lowest BCUT2D eigenvalue weighted by molar-refractivity contribution is 0.253. The van der Waals surface area contributed by atoms with Crippen LogP contribution in [0.2, 0.25) is 0 Å². The van der Waals surface area contributed by atoms with E-state index in [1.807, 2.05) is 0 Å². The van der Waals surface area contributed by atoms with E-state index < -0.39 is 0 Å². The lowest BCUT2D eigenvalue weighted by Gasteiger charge is -2.24. The molecule has 1 saturated carbocycles. The Bertz CT molecular complexity index is 417. The largest absolute Gasteiger partial charge is 0.310 e. The van der Waals surface area contributed by atoms with Crippen molar-refractivity contribution in [2.24, 2.45) is 5.92 Å². The summed E-state index contributed by atoms with van der Waals surface area (Å²) in [5, 5.41) is 3.90. The van der Waals surface area contributed by atoms with E-state index >= 15 is 0 Å². The van der Waals surface area contributed by atoms with Crippen LogP contribution in [0.3, 0.4) is 0 Å². The van der Waals surface area contributed by atoms with Crippen LogP contribution in [0.15, 0.2) is 24.3 Å². The number of fused-ring (bicyclic) bond motifs is 2. The van der Waals surface area contributed by atoms with E-state index in [0.29, 0.717) is 0 Å². The lowest BCUT2D eigenvalue weighted by Crippen LogP contribution is -2.38. The molecule has 1 aliphatic carbocycles. The average Bonchev–Trinajstić information content (AvgIpc) is 3.00. The minimum Gasteiger partial charge on any atom is -0.310 e. The molecule has 2 aliphatic heterocycles. The Morgan fingerprint density at radius 2 is 1.79 bits per heavy atom. The van der Waals surface area contributed by atoms with Gasteiger partial charge in [-0.3, -0.25) is 4.90 Å². The van der Waals surface area contributed by atoms with Crippen LogP contribution in [0, 0.1) is 5.92 Å². The molecule has 3 unspecified atom stereocenters. The Morgan fingerprint density at radius 3 is 2.53 bits per heavy atom. The smallest absolute Gasteiger partial charge is 0.0241 e. The van der Waals surface area contributed by atoms with Crippen molar-refractivity contribution in [2.45, 2.75) is 57.3 Å². The van der Waals surface area contributed by atoms with Crippen LogP contribution in [0.1, 0.15) is 43.2 Å². The minimum atomic E-state index is 0.738. The van der Waals surface area contributed by atoms with Crippen LogP contribution in [0.5, 0.6) is 0 Å². The van der Waals surface area contributed by atoms with Crippen molar-refractivity contribution < 1.29 is 0 Å². The SMILES string of the molecule is c1ccc2c(c1)CN(CC1CC3CCCCC3N1)C2. The predicted molar refractivity (Wildman–Crippen MR) is 77.8 cm³/mol. The van der Waals surface area contributed by atoms with E-state index in [2.05, 4.69) is 34.5 Å². The van der Waals surface area contributed by atoms with Crippen LogP contribution in [0.25, 0.3) is 0 Å². The molecule has 2 fully saturated rings. The maximum Gasteiger partial charge on any atom is 0.0241 e. The van der Waals surface area contributed by atoms with Gasteiger partial charge in [0.1, 0.15) is 0 Å². The molecule has 1 saturated heterocycles. The summed E-state index contributed by atoms with van der Waals surface area (Å²) in [4.78, 5) is 2.62. The van der Waals surface area contributed by atoms with Gasteiger partial charge in [0.05, 0.1) is 0 Å². The molecule has 3 aliphatic rings. The van der Waals surface area contributed by atoms with Crippen molar-refractivity contribution in [3.8, 4) is 0 Å². The summed E-state index contributed by atoms with van der Waals surface area (Å²) in [6, 6.07) is 10.5. The molecule has 0 aromatic heterocycles. The second-order valence-corrected chi connectivity index (χ2v) is 6.69. The number of hydrogen-bond donors (Lipinski definition) is 1. The molecular weight excluding hydrogens is 232 g/mol. The standard InChI is InChI=1S/C17H24N2/c1-2-7-15-11-19(10-14(15)6-1)12-16-9-13-5-3-4-8-17(13)18-16/h1-2,6-7,13,16-18H,3-5,8-12H2. The molecule has 0 bridgehead atoms. The first kappa shape index (κ1) is 11.9. The highest BCUT2D eigenvalue weighted by Crippen LogP contribution is 2.34. The lowest BCUT2D eigenvalue weighted by atomic mass is 9.85. The summed E-state index contributed by atoms with van der Waals surface area (Å²) >= 11 is 0. The molecule has 0 spiro atoms. The summed E-state index contributed by atoms with van der Waals surface area (Å²) in [5.41, 5.74) is 3.08. The van der Waals surface area contributed by atoms with Crippen molar-refractivity contribution in [3.63, 3.8) is 0 Å². The van der Waals surface area contributed by atoms with Crippen LogP contribution in [-0.2, 0) is 13.1 Å². The van der Waals surface area contributed by atoms with Gasteiger partial charge in [-0.05, 0) is 36.3 Å². The van der Waals surface area contributed by atoms with Crippen molar-refractivity contribution >= 4 is 0 Å². The molecule has 2 heterocycles. The third-order valence-electron chi connectivity index (χ3n) is 5.33. The predicted octanol–water partition coefficient (Wildman–Crippen LogP) is 2.92. The van der Waals surface area contributed by atoms with Crippen molar-refractivity contribution in [1.29, 1.82) is 0 Å². The fourth-order valence-corrected chi connectivity index (χ4v) is 4.42. The molecule has 0 amide bonds. The normalized spacial score (nSPS) is 34.2. The van der Waals surface area contributed by atoms with Crippen molar-refractivity contribution in [3.05, 3.63) is 35.4 Å². The van der Waals surface area contributed by atoms with E-state index in [-0.39, 0.29) is 0 Å². The second kappa shape index (κ2) is 4.92. The highest BCUT2D eigenvalue weighted by Gasteiger charge is 2.36. The fourth-order valence-electron chi connectivity index (χ4n) is 4.42. The van der Waals surface area contributed by atoms with Gasteiger partial charge in [0.2, 0.25) is 0 Å². The molecule has 4 rings (SSSR count). The second-order valence-electron chi connectivity index (χ2n) is 6.69. The van der Waals surface area contributed by atoms with Crippen molar-refractivity contribution in [2.75, 3.05) is 6.54 Å². The van der Waals surface area contributed by atoms with Gasteiger partial charge in [0, 0.05) is 31.7 Å². The molecule has 19 heavy (non-hydrogen) atoms. The monoisotopic (exact) mass is 256 g/mol. The Labute approximate surface area is 116 Å². The van der Waals surface area contributed by atoms with Crippen LogP contribution < -0.4 is 5.32 Å². The summed E-state index contributed by atoms with van der Waals surface area (Å²) in [5.74, 6) is 0.976. The van der Waals surface area contributed by atoms with E-state index in [0.717, 1.165) is 31.1 Å². The topological polar surface area (TPSA) is 15.3 Å². The molecule has 0 radical (unpaired) electrons. The summed E-state index contributed by atoms with van der Waals surface area (Å²) in [6.07, 6.45) is 7.20. The number of hydrogen-bond acceptors (Lipinski definition) is 2. The van der Waals surface area contributed by atoms with Gasteiger partial charge in [-0.25, -0.2) is 0 Å². The van der Waals surface area contributed by atoms with Gasteiger partial charge >= 0.3 is 0 Å². The quantitative estimate of drug-likeness (QED) is 0.875. The average molecular weight is 256 g/mol. The Hall–Kier alpha value is -0.860. The van der Waals surface area contributed by atoms with E-state index in [1.165, 1.54) is 49.8 Å². The molecule has 2 nitrogen and oxygen atoms in total. The van der Waals surface area contributed by atoms with E-state index in [1.54, 1.807) is 0 Å². The molecule has 1 aromatic rings. The van der Waals surface area contributed by atoms with E-state index in [9.17, 15) is 0 Å². The van der Waals surface area contributed by atoms with Gasteiger partial charge in [-0.1, -0.05) is 37.1 Å². The zero-order valence-electron chi connectivity index (χ0n) is 11.6. The minimum absolute atomic E-state index is 0.738. The first-order valence-electron chi connectivity index (χ1n) is 7.94. The van der Waals surface area contributed by atoms with Crippen LogP contribution in [-0.4, -0.2) is 23.5 Å². The summed E-state index contributed by atoms with van der Waals surface area (Å²) in [6.45, 7) is 3.55. The number of benzene rings is 1. The summed E-state index contributed by atoms with van der Waals surface area (Å²) in [7, 11) is 0. The maximum absolute atomic E-state index is 3.90. The first-order valence-corrected chi connectivity index (χ1v) is 7.94. The molecule has 1 aromatic carbocycles. The van der Waals surface area contributed by atoms with Gasteiger partial charge in [-0.15, -0.1) is 0 Å². The maximum atomic E-state index is 3.90. The van der Waals surface area contributed by atoms with Crippen molar-refractivity contribution in [1.82, 2.24) is 10.2 Å². The zero-order valence-corrected chi connectivity index (χ0v) is 11.6. The first-order chi connectivity index (χ1) is 9.38. The van der Waals surface area contributed by atoms with Gasteiger partial charge in [-0.2, -0.15) is 0 Å². The Balaban J connectivity index is 1.37.